The Morgan fingerprint density at radius 3 is 2.50 bits per heavy atom. The van der Waals surface area contributed by atoms with E-state index >= 15 is 0 Å². The Balaban J connectivity index is 1.93. The summed E-state index contributed by atoms with van der Waals surface area (Å²) in [7, 11) is 1.26. The van der Waals surface area contributed by atoms with Gasteiger partial charge in [-0.25, -0.2) is 14.6 Å². The highest BCUT2D eigenvalue weighted by molar-refractivity contribution is 7.13. The van der Waals surface area contributed by atoms with E-state index in [1.54, 1.807) is 5.38 Å². The summed E-state index contributed by atoms with van der Waals surface area (Å²) in [5.41, 5.74) is 2.18. The van der Waals surface area contributed by atoms with E-state index < -0.39 is 30.5 Å². The highest BCUT2D eigenvalue weighted by atomic mass is 32.1. The van der Waals surface area contributed by atoms with Crippen LogP contribution < -0.4 is 5.32 Å². The molecule has 28 heavy (non-hydrogen) atoms. The number of nitrogens with zero attached hydrogens (tertiary/aromatic N) is 1. The largest absolute Gasteiger partial charge is 0.467 e. The molecule has 0 aliphatic heterocycles. The van der Waals surface area contributed by atoms with Crippen LogP contribution in [0.3, 0.4) is 0 Å². The average molecular weight is 404 g/mol. The van der Waals surface area contributed by atoms with Crippen LogP contribution in [-0.2, 0) is 19.1 Å². The number of amides is 1. The molecule has 0 saturated carbocycles. The molecule has 1 aromatic heterocycles. The SMILES string of the molecule is CC[C@@H](C)[C@@H](NC(=O)COC(=O)c1csc(-c2ccc(C)cc2)n1)C(=O)OC. The number of aryl methyl sites for hydroxylation is 1. The number of hydrogen-bond acceptors (Lipinski definition) is 7. The third-order valence-corrected chi connectivity index (χ3v) is 5.22. The van der Waals surface area contributed by atoms with Crippen LogP contribution in [0.2, 0.25) is 0 Å². The second-order valence-electron chi connectivity index (χ2n) is 6.43. The van der Waals surface area contributed by atoms with Crippen LogP contribution in [0.25, 0.3) is 10.6 Å². The Hall–Kier alpha value is -2.74. The Kier molecular flexibility index (Phi) is 7.69. The fourth-order valence-corrected chi connectivity index (χ4v) is 3.21. The van der Waals surface area contributed by atoms with E-state index in [2.05, 4.69) is 10.3 Å². The van der Waals surface area contributed by atoms with E-state index in [0.717, 1.165) is 11.1 Å². The van der Waals surface area contributed by atoms with Gasteiger partial charge in [-0.3, -0.25) is 4.79 Å². The van der Waals surface area contributed by atoms with E-state index in [-0.39, 0.29) is 11.6 Å². The zero-order valence-corrected chi connectivity index (χ0v) is 17.2. The fourth-order valence-electron chi connectivity index (χ4n) is 2.41. The molecule has 0 aliphatic rings. The lowest BCUT2D eigenvalue weighted by atomic mass is 9.99. The molecule has 8 heteroatoms. The lowest BCUT2D eigenvalue weighted by molar-refractivity contribution is -0.147. The molecule has 2 rings (SSSR count). The number of ether oxygens (including phenoxy) is 2. The number of nitrogens with one attached hydrogen (secondary N) is 1. The van der Waals surface area contributed by atoms with Crippen molar-refractivity contribution in [3.05, 3.63) is 40.9 Å². The molecular weight excluding hydrogens is 380 g/mol. The Morgan fingerprint density at radius 2 is 1.89 bits per heavy atom. The smallest absolute Gasteiger partial charge is 0.358 e. The van der Waals surface area contributed by atoms with Crippen molar-refractivity contribution in [3.8, 4) is 10.6 Å². The number of methoxy groups -OCH3 is 1. The monoisotopic (exact) mass is 404 g/mol. The topological polar surface area (TPSA) is 94.6 Å². The summed E-state index contributed by atoms with van der Waals surface area (Å²) in [6.45, 7) is 5.22. The first-order valence-corrected chi connectivity index (χ1v) is 9.80. The van der Waals surface area contributed by atoms with Gasteiger partial charge in [-0.05, 0) is 12.8 Å². The van der Waals surface area contributed by atoms with Gasteiger partial charge in [-0.15, -0.1) is 11.3 Å². The van der Waals surface area contributed by atoms with Crippen molar-refractivity contribution in [1.82, 2.24) is 10.3 Å². The van der Waals surface area contributed by atoms with Crippen molar-refractivity contribution in [2.75, 3.05) is 13.7 Å². The van der Waals surface area contributed by atoms with E-state index in [1.807, 2.05) is 45.0 Å². The first kappa shape index (κ1) is 21.6. The molecule has 1 heterocycles. The maximum atomic E-state index is 12.2. The number of hydrogen-bond donors (Lipinski definition) is 1. The van der Waals surface area contributed by atoms with Crippen LogP contribution >= 0.6 is 11.3 Å². The summed E-state index contributed by atoms with van der Waals surface area (Å²) in [6.07, 6.45) is 0.681. The first-order chi connectivity index (χ1) is 13.3. The molecule has 2 aromatic rings. The van der Waals surface area contributed by atoms with E-state index in [9.17, 15) is 14.4 Å². The highest BCUT2D eigenvalue weighted by Crippen LogP contribution is 2.24. The number of rotatable bonds is 8. The molecule has 0 aliphatic carbocycles. The summed E-state index contributed by atoms with van der Waals surface area (Å²) >= 11 is 1.32. The van der Waals surface area contributed by atoms with Crippen molar-refractivity contribution in [2.45, 2.75) is 33.2 Å². The average Bonchev–Trinajstić information content (AvgIpc) is 3.19. The van der Waals surface area contributed by atoms with Crippen molar-refractivity contribution in [3.63, 3.8) is 0 Å². The molecule has 2 atom stereocenters. The van der Waals surface area contributed by atoms with Crippen LogP contribution in [0.4, 0.5) is 0 Å². The van der Waals surface area contributed by atoms with Gasteiger partial charge in [0.2, 0.25) is 0 Å². The predicted octanol–water partition coefficient (Wildman–Crippen LogP) is 2.98. The third kappa shape index (κ3) is 5.63. The molecule has 7 nitrogen and oxygen atoms in total. The molecule has 0 bridgehead atoms. The molecule has 0 fully saturated rings. The van der Waals surface area contributed by atoms with Crippen LogP contribution in [0.15, 0.2) is 29.6 Å². The molecule has 0 spiro atoms. The van der Waals surface area contributed by atoms with Crippen LogP contribution in [-0.4, -0.2) is 42.6 Å². The van der Waals surface area contributed by atoms with Gasteiger partial charge < -0.3 is 14.8 Å². The molecule has 0 saturated heterocycles. The molecule has 0 radical (unpaired) electrons. The van der Waals surface area contributed by atoms with Crippen molar-refractivity contribution < 1.29 is 23.9 Å². The minimum atomic E-state index is -0.784. The molecular formula is C20H24N2O5S. The minimum Gasteiger partial charge on any atom is -0.467 e. The second-order valence-corrected chi connectivity index (χ2v) is 7.29. The molecule has 150 valence electrons. The Morgan fingerprint density at radius 1 is 1.21 bits per heavy atom. The minimum absolute atomic E-state index is 0.109. The molecule has 1 aromatic carbocycles. The lowest BCUT2D eigenvalue weighted by Gasteiger charge is -2.21. The third-order valence-electron chi connectivity index (χ3n) is 4.33. The Labute approximate surface area is 168 Å². The van der Waals surface area contributed by atoms with E-state index in [1.165, 1.54) is 18.4 Å². The summed E-state index contributed by atoms with van der Waals surface area (Å²) in [5.74, 6) is -1.90. The zero-order valence-electron chi connectivity index (χ0n) is 16.4. The maximum absolute atomic E-state index is 12.2. The first-order valence-electron chi connectivity index (χ1n) is 8.92. The van der Waals surface area contributed by atoms with Crippen LogP contribution in [0.5, 0.6) is 0 Å². The molecule has 1 N–H and O–H groups in total. The van der Waals surface area contributed by atoms with Gasteiger partial charge in [-0.2, -0.15) is 0 Å². The quantitative estimate of drug-likeness (QED) is 0.680. The normalized spacial score (nSPS) is 12.7. The van der Waals surface area contributed by atoms with Gasteiger partial charge in [0, 0.05) is 10.9 Å². The second kappa shape index (κ2) is 9.98. The number of carbonyl (C=O) groups excluding carboxylic acids is 3. The van der Waals surface area contributed by atoms with Crippen LogP contribution in [0, 0.1) is 12.8 Å². The van der Waals surface area contributed by atoms with Crippen molar-refractivity contribution in [2.24, 2.45) is 5.92 Å². The summed E-state index contributed by atoms with van der Waals surface area (Å²) < 4.78 is 9.74. The zero-order chi connectivity index (χ0) is 20.7. The number of carbonyl (C=O) groups is 3. The standard InChI is InChI=1S/C20H24N2O5S/c1-5-13(3)17(20(25)26-4)22-16(23)10-27-19(24)15-11-28-18(21-15)14-8-6-12(2)7-9-14/h6-9,11,13,17H,5,10H2,1-4H3,(H,22,23)/t13-,17-/m1/s1. The number of esters is 2. The summed E-state index contributed by atoms with van der Waals surface area (Å²) in [4.78, 5) is 40.3. The number of thiazole rings is 1. The molecule has 0 unspecified atom stereocenters. The maximum Gasteiger partial charge on any atom is 0.358 e. The van der Waals surface area contributed by atoms with Gasteiger partial charge in [0.1, 0.15) is 11.0 Å². The number of benzene rings is 1. The molecule has 1 amide bonds. The van der Waals surface area contributed by atoms with E-state index in [0.29, 0.717) is 11.4 Å². The summed E-state index contributed by atoms with van der Waals surface area (Å²) in [5, 5.41) is 4.84. The van der Waals surface area contributed by atoms with Gasteiger partial charge in [0.25, 0.3) is 5.91 Å². The number of aromatic nitrogens is 1. The van der Waals surface area contributed by atoms with Gasteiger partial charge in [0.05, 0.1) is 7.11 Å². The van der Waals surface area contributed by atoms with E-state index in [4.69, 9.17) is 9.47 Å². The predicted molar refractivity (Wildman–Crippen MR) is 106 cm³/mol. The van der Waals surface area contributed by atoms with Crippen molar-refractivity contribution >= 4 is 29.2 Å². The van der Waals surface area contributed by atoms with Gasteiger partial charge >= 0.3 is 11.9 Å². The lowest BCUT2D eigenvalue weighted by Crippen LogP contribution is -2.47. The van der Waals surface area contributed by atoms with Gasteiger partial charge in [-0.1, -0.05) is 50.1 Å². The Bertz CT molecular complexity index is 831. The van der Waals surface area contributed by atoms with Crippen molar-refractivity contribution in [1.29, 1.82) is 0 Å². The highest BCUT2D eigenvalue weighted by Gasteiger charge is 2.27. The fraction of sp³-hybridized carbons (Fsp3) is 0.400. The van der Waals surface area contributed by atoms with Gasteiger partial charge in [0.15, 0.2) is 12.3 Å². The summed E-state index contributed by atoms with van der Waals surface area (Å²) in [6, 6.07) is 7.01. The van der Waals surface area contributed by atoms with Crippen LogP contribution in [0.1, 0.15) is 36.3 Å².